The maximum Gasteiger partial charge on any atom is 0.250 e. The summed E-state index contributed by atoms with van der Waals surface area (Å²) >= 11 is 1.01. The van der Waals surface area contributed by atoms with E-state index in [1.54, 1.807) is 6.07 Å². The van der Waals surface area contributed by atoms with Crippen LogP contribution in [0.15, 0.2) is 16.3 Å². The number of thiophene rings is 1. The van der Waals surface area contributed by atoms with Crippen molar-refractivity contribution < 1.29 is 8.42 Å². The second kappa shape index (κ2) is 7.63. The fraction of sp³-hybridized carbons (Fsp3) is 0.615. The average molecular weight is 300 g/mol. The van der Waals surface area contributed by atoms with Crippen molar-refractivity contribution in [2.45, 2.75) is 56.2 Å². The summed E-state index contributed by atoms with van der Waals surface area (Å²) in [5.74, 6) is 0. The number of nitrogens with one attached hydrogen (secondary N) is 1. The lowest BCUT2D eigenvalue weighted by Crippen LogP contribution is -2.34. The highest BCUT2D eigenvalue weighted by Crippen LogP contribution is 2.22. The van der Waals surface area contributed by atoms with Gasteiger partial charge < -0.3 is 0 Å². The summed E-state index contributed by atoms with van der Waals surface area (Å²) in [5.41, 5.74) is 0. The van der Waals surface area contributed by atoms with Gasteiger partial charge in [-0.05, 0) is 25.0 Å². The maximum absolute atomic E-state index is 12.2. The molecular formula is C13H20N2O2S2. The van der Waals surface area contributed by atoms with Crippen molar-refractivity contribution in [3.8, 4) is 6.07 Å². The molecule has 0 saturated carbocycles. The van der Waals surface area contributed by atoms with Gasteiger partial charge in [-0.3, -0.25) is 0 Å². The lowest BCUT2D eigenvalue weighted by Gasteiger charge is -2.17. The third kappa shape index (κ3) is 4.94. The van der Waals surface area contributed by atoms with Gasteiger partial charge in [-0.15, -0.1) is 11.3 Å². The van der Waals surface area contributed by atoms with Gasteiger partial charge in [-0.2, -0.15) is 5.26 Å². The summed E-state index contributed by atoms with van der Waals surface area (Å²) in [6, 6.07) is 4.98. The molecule has 1 heterocycles. The van der Waals surface area contributed by atoms with E-state index in [4.69, 9.17) is 5.26 Å². The molecule has 1 atom stereocenters. The van der Waals surface area contributed by atoms with E-state index in [9.17, 15) is 8.42 Å². The van der Waals surface area contributed by atoms with Crippen LogP contribution < -0.4 is 4.72 Å². The van der Waals surface area contributed by atoms with Crippen LogP contribution in [0.2, 0.25) is 0 Å². The van der Waals surface area contributed by atoms with E-state index in [0.717, 1.165) is 43.4 Å². The van der Waals surface area contributed by atoms with Crippen LogP contribution in [0.25, 0.3) is 0 Å². The smallest absolute Gasteiger partial charge is 0.207 e. The molecule has 6 heteroatoms. The maximum atomic E-state index is 12.2. The lowest BCUT2D eigenvalue weighted by atomic mass is 10.1. The molecule has 1 N–H and O–H groups in total. The normalized spacial score (nSPS) is 13.1. The quantitative estimate of drug-likeness (QED) is 0.801. The first-order chi connectivity index (χ1) is 9.03. The summed E-state index contributed by atoms with van der Waals surface area (Å²) in [5, 5.41) is 8.74. The van der Waals surface area contributed by atoms with Gasteiger partial charge in [-0.25, -0.2) is 13.1 Å². The molecule has 0 fully saturated rings. The summed E-state index contributed by atoms with van der Waals surface area (Å²) in [6.45, 7) is 4.14. The molecule has 0 aliphatic carbocycles. The van der Waals surface area contributed by atoms with Crippen molar-refractivity contribution in [1.82, 2.24) is 4.72 Å². The van der Waals surface area contributed by atoms with Gasteiger partial charge in [0.1, 0.15) is 15.2 Å². The molecule has 19 heavy (non-hydrogen) atoms. The minimum Gasteiger partial charge on any atom is -0.207 e. The molecule has 0 saturated heterocycles. The molecule has 0 bridgehead atoms. The van der Waals surface area contributed by atoms with Crippen LogP contribution in [-0.4, -0.2) is 14.5 Å². The van der Waals surface area contributed by atoms with Crippen LogP contribution in [0.5, 0.6) is 0 Å². The average Bonchev–Trinajstić information content (AvgIpc) is 2.85. The highest BCUT2D eigenvalue weighted by atomic mass is 32.2. The van der Waals surface area contributed by atoms with Crippen LogP contribution in [0.4, 0.5) is 0 Å². The zero-order valence-corrected chi connectivity index (χ0v) is 13.0. The summed E-state index contributed by atoms with van der Waals surface area (Å²) in [7, 11) is -3.48. The Balaban J connectivity index is 2.78. The number of sulfonamides is 1. The molecule has 0 amide bonds. The number of hydrogen-bond donors (Lipinski definition) is 1. The van der Waals surface area contributed by atoms with Gasteiger partial charge in [0.05, 0.1) is 0 Å². The van der Waals surface area contributed by atoms with Crippen LogP contribution in [0.1, 0.15) is 50.8 Å². The standard InChI is InChI=1S/C13H20N2O2S2/c1-3-5-7-11(6-4-2)15-19(16,17)13-9-8-12(10-14)18-13/h8-9,11,15H,3-7H2,1-2H3. The Kier molecular flexibility index (Phi) is 6.49. The Morgan fingerprint density at radius 2 is 2.05 bits per heavy atom. The molecule has 0 aromatic carbocycles. The topological polar surface area (TPSA) is 70.0 Å². The highest BCUT2D eigenvalue weighted by molar-refractivity contribution is 7.91. The third-order valence-corrected chi connectivity index (χ3v) is 5.82. The fourth-order valence-electron chi connectivity index (χ4n) is 1.86. The van der Waals surface area contributed by atoms with E-state index in [1.165, 1.54) is 6.07 Å². The second-order valence-corrected chi connectivity index (χ2v) is 7.50. The Labute approximate surface area is 119 Å². The molecule has 0 radical (unpaired) electrons. The predicted octanol–water partition coefficient (Wildman–Crippen LogP) is 3.26. The molecule has 1 aromatic rings. The number of hydrogen-bond acceptors (Lipinski definition) is 4. The molecule has 1 rings (SSSR count). The van der Waals surface area contributed by atoms with Crippen molar-refractivity contribution in [3.05, 3.63) is 17.0 Å². The van der Waals surface area contributed by atoms with E-state index in [1.807, 2.05) is 13.0 Å². The van der Waals surface area contributed by atoms with Gasteiger partial charge in [-0.1, -0.05) is 33.1 Å². The van der Waals surface area contributed by atoms with Gasteiger partial charge in [0.2, 0.25) is 10.0 Å². The van der Waals surface area contributed by atoms with Gasteiger partial charge in [0, 0.05) is 6.04 Å². The van der Waals surface area contributed by atoms with Crippen molar-refractivity contribution in [3.63, 3.8) is 0 Å². The monoisotopic (exact) mass is 300 g/mol. The number of nitriles is 1. The SMILES string of the molecule is CCCCC(CCC)NS(=O)(=O)c1ccc(C#N)s1. The van der Waals surface area contributed by atoms with E-state index >= 15 is 0 Å². The molecule has 106 valence electrons. The minimum absolute atomic E-state index is 0.0115. The van der Waals surface area contributed by atoms with Gasteiger partial charge in [0.15, 0.2) is 0 Å². The third-order valence-electron chi connectivity index (χ3n) is 2.82. The fourth-order valence-corrected chi connectivity index (χ4v) is 4.29. The number of nitrogens with zero attached hydrogens (tertiary/aromatic N) is 1. The zero-order chi connectivity index (χ0) is 14.3. The molecule has 1 aromatic heterocycles. The van der Waals surface area contributed by atoms with Gasteiger partial charge >= 0.3 is 0 Å². The first kappa shape index (κ1) is 16.2. The van der Waals surface area contributed by atoms with Crippen LogP contribution >= 0.6 is 11.3 Å². The molecule has 4 nitrogen and oxygen atoms in total. The van der Waals surface area contributed by atoms with E-state index in [0.29, 0.717) is 4.88 Å². The Morgan fingerprint density at radius 3 is 2.58 bits per heavy atom. The number of rotatable bonds is 8. The summed E-state index contributed by atoms with van der Waals surface area (Å²) < 4.78 is 27.4. The van der Waals surface area contributed by atoms with Crippen LogP contribution in [0, 0.1) is 11.3 Å². The van der Waals surface area contributed by atoms with E-state index < -0.39 is 10.0 Å². The zero-order valence-electron chi connectivity index (χ0n) is 11.3. The van der Waals surface area contributed by atoms with Crippen LogP contribution in [0.3, 0.4) is 0 Å². The molecular weight excluding hydrogens is 280 g/mol. The van der Waals surface area contributed by atoms with Crippen molar-refractivity contribution in [1.29, 1.82) is 5.26 Å². The Bertz CT molecular complexity index is 529. The first-order valence-electron chi connectivity index (χ1n) is 6.55. The highest BCUT2D eigenvalue weighted by Gasteiger charge is 2.21. The molecule has 0 spiro atoms. The van der Waals surface area contributed by atoms with Crippen LogP contribution in [-0.2, 0) is 10.0 Å². The second-order valence-electron chi connectivity index (χ2n) is 4.48. The van der Waals surface area contributed by atoms with Crippen molar-refractivity contribution >= 4 is 21.4 Å². The Morgan fingerprint density at radius 1 is 1.32 bits per heavy atom. The first-order valence-corrected chi connectivity index (χ1v) is 8.85. The molecule has 0 aliphatic rings. The minimum atomic E-state index is -3.48. The number of unbranched alkanes of at least 4 members (excludes halogenated alkanes) is 1. The molecule has 0 aliphatic heterocycles. The summed E-state index contributed by atoms with van der Waals surface area (Å²) in [4.78, 5) is 0.418. The summed E-state index contributed by atoms with van der Waals surface area (Å²) in [6.07, 6.45) is 4.72. The van der Waals surface area contributed by atoms with Crippen molar-refractivity contribution in [2.24, 2.45) is 0 Å². The lowest BCUT2D eigenvalue weighted by molar-refractivity contribution is 0.484. The van der Waals surface area contributed by atoms with E-state index in [-0.39, 0.29) is 10.3 Å². The largest absolute Gasteiger partial charge is 0.250 e. The molecule has 1 unspecified atom stereocenters. The predicted molar refractivity (Wildman–Crippen MR) is 77.6 cm³/mol. The van der Waals surface area contributed by atoms with Gasteiger partial charge in [0.25, 0.3) is 0 Å². The van der Waals surface area contributed by atoms with E-state index in [2.05, 4.69) is 11.6 Å². The van der Waals surface area contributed by atoms with Crippen molar-refractivity contribution in [2.75, 3.05) is 0 Å². The Hall–Kier alpha value is -0.900.